The Morgan fingerprint density at radius 1 is 1.00 bits per heavy atom. The van der Waals surface area contributed by atoms with E-state index in [9.17, 15) is 13.2 Å². The Labute approximate surface area is 143 Å². The van der Waals surface area contributed by atoms with E-state index in [-0.39, 0.29) is 12.2 Å². The number of aliphatic hydroxyl groups is 1. The van der Waals surface area contributed by atoms with E-state index in [2.05, 4.69) is 15.1 Å². The second-order valence-corrected chi connectivity index (χ2v) is 5.88. The molecule has 1 fully saturated rings. The van der Waals surface area contributed by atoms with Gasteiger partial charge in [-0.15, -0.1) is 10.2 Å². The molecule has 0 unspecified atom stereocenters. The van der Waals surface area contributed by atoms with Crippen LogP contribution in [0.3, 0.4) is 0 Å². The van der Waals surface area contributed by atoms with Gasteiger partial charge in [0, 0.05) is 38.3 Å². The summed E-state index contributed by atoms with van der Waals surface area (Å²) in [5.41, 5.74) is -0.470. The fraction of sp³-hybridized carbons (Fsp3) is 0.412. The van der Waals surface area contributed by atoms with E-state index in [1.807, 2.05) is 4.90 Å². The first-order chi connectivity index (χ1) is 12.0. The first kappa shape index (κ1) is 17.6. The van der Waals surface area contributed by atoms with Crippen molar-refractivity contribution in [1.82, 2.24) is 15.1 Å². The predicted molar refractivity (Wildman–Crippen MR) is 88.2 cm³/mol. The number of hydrogen-bond donors (Lipinski definition) is 1. The number of nitrogens with zero attached hydrogens (tertiary/aromatic N) is 4. The Balaban J connectivity index is 1.90. The summed E-state index contributed by atoms with van der Waals surface area (Å²) in [6.45, 7) is 3.41. The van der Waals surface area contributed by atoms with Gasteiger partial charge in [-0.25, -0.2) is 0 Å². The van der Waals surface area contributed by atoms with E-state index in [1.54, 1.807) is 30.3 Å². The molecule has 0 amide bonds. The van der Waals surface area contributed by atoms with Crippen molar-refractivity contribution in [2.75, 3.05) is 44.2 Å². The molecule has 0 spiro atoms. The molecule has 3 rings (SSSR count). The Kier molecular flexibility index (Phi) is 5.19. The van der Waals surface area contributed by atoms with Gasteiger partial charge in [0.05, 0.1) is 6.61 Å². The molecule has 0 radical (unpaired) electrons. The van der Waals surface area contributed by atoms with Crippen molar-refractivity contribution in [3.63, 3.8) is 0 Å². The minimum atomic E-state index is -4.56. The van der Waals surface area contributed by atoms with Gasteiger partial charge in [-0.2, -0.15) is 13.2 Å². The molecule has 25 heavy (non-hydrogen) atoms. The number of aliphatic hydroxyl groups excluding tert-OH is 1. The van der Waals surface area contributed by atoms with Crippen LogP contribution in [-0.4, -0.2) is 59.5 Å². The van der Waals surface area contributed by atoms with Crippen molar-refractivity contribution >= 4 is 5.82 Å². The highest BCUT2D eigenvalue weighted by molar-refractivity contribution is 5.69. The first-order valence-electron chi connectivity index (χ1n) is 8.07. The molecule has 5 nitrogen and oxygen atoms in total. The maximum Gasteiger partial charge on any atom is 0.435 e. The number of piperazine rings is 1. The average molecular weight is 352 g/mol. The second kappa shape index (κ2) is 7.37. The highest BCUT2D eigenvalue weighted by atomic mass is 19.4. The molecular formula is C17H19F3N4O. The molecule has 0 aliphatic carbocycles. The largest absolute Gasteiger partial charge is 0.435 e. The quantitative estimate of drug-likeness (QED) is 0.915. The van der Waals surface area contributed by atoms with Gasteiger partial charge in [0.25, 0.3) is 0 Å². The molecule has 1 N–H and O–H groups in total. The van der Waals surface area contributed by atoms with E-state index in [0.717, 1.165) is 13.1 Å². The zero-order valence-corrected chi connectivity index (χ0v) is 13.6. The molecule has 1 aliphatic heterocycles. The van der Waals surface area contributed by atoms with Crippen molar-refractivity contribution in [1.29, 1.82) is 0 Å². The maximum atomic E-state index is 13.3. The summed E-state index contributed by atoms with van der Waals surface area (Å²) in [6, 6.07) is 9.89. The summed E-state index contributed by atoms with van der Waals surface area (Å²) in [7, 11) is 0. The summed E-state index contributed by atoms with van der Waals surface area (Å²) in [6.07, 6.45) is -4.56. The van der Waals surface area contributed by atoms with Gasteiger partial charge < -0.3 is 10.0 Å². The van der Waals surface area contributed by atoms with Gasteiger partial charge in [-0.1, -0.05) is 30.3 Å². The maximum absolute atomic E-state index is 13.3. The highest BCUT2D eigenvalue weighted by Gasteiger charge is 2.37. The fourth-order valence-corrected chi connectivity index (χ4v) is 2.93. The SMILES string of the molecule is OCCN1CCN(c2cc(-c3ccccc3)c(C(F)(F)F)nn2)CC1. The van der Waals surface area contributed by atoms with Crippen LogP contribution in [0.15, 0.2) is 36.4 Å². The summed E-state index contributed by atoms with van der Waals surface area (Å²) in [5, 5.41) is 16.3. The molecule has 0 bridgehead atoms. The van der Waals surface area contributed by atoms with Crippen LogP contribution in [0, 0.1) is 0 Å². The number of anilines is 1. The molecule has 1 aromatic heterocycles. The Bertz CT molecular complexity index is 701. The molecule has 0 atom stereocenters. The minimum Gasteiger partial charge on any atom is -0.395 e. The summed E-state index contributed by atoms with van der Waals surface area (Å²) >= 11 is 0. The zero-order valence-electron chi connectivity index (χ0n) is 13.6. The number of hydrogen-bond acceptors (Lipinski definition) is 5. The topological polar surface area (TPSA) is 52.5 Å². The lowest BCUT2D eigenvalue weighted by Gasteiger charge is -2.35. The monoisotopic (exact) mass is 352 g/mol. The smallest absolute Gasteiger partial charge is 0.395 e. The first-order valence-corrected chi connectivity index (χ1v) is 8.07. The number of rotatable bonds is 4. The minimum absolute atomic E-state index is 0.0379. The molecule has 8 heteroatoms. The molecule has 134 valence electrons. The van der Waals surface area contributed by atoms with Crippen molar-refractivity contribution in [3.05, 3.63) is 42.1 Å². The Hall–Kier alpha value is -2.19. The zero-order chi connectivity index (χ0) is 17.9. The standard InChI is InChI=1S/C17H19F3N4O/c18-17(19,20)16-14(13-4-2-1-3-5-13)12-15(21-22-16)24-8-6-23(7-9-24)10-11-25/h1-5,12,25H,6-11H2. The third kappa shape index (κ3) is 4.08. The number of aromatic nitrogens is 2. The van der Waals surface area contributed by atoms with Gasteiger partial charge in [-0.3, -0.25) is 4.90 Å². The summed E-state index contributed by atoms with van der Waals surface area (Å²) in [4.78, 5) is 4.03. The normalized spacial score (nSPS) is 16.2. The van der Waals surface area contributed by atoms with Crippen LogP contribution in [0.4, 0.5) is 19.0 Å². The van der Waals surface area contributed by atoms with Gasteiger partial charge in [0.1, 0.15) is 0 Å². The Morgan fingerprint density at radius 3 is 2.28 bits per heavy atom. The highest BCUT2D eigenvalue weighted by Crippen LogP contribution is 2.36. The summed E-state index contributed by atoms with van der Waals surface area (Å²) in [5.74, 6) is 0.440. The average Bonchev–Trinajstić information content (AvgIpc) is 2.62. The van der Waals surface area contributed by atoms with Crippen LogP contribution in [0.25, 0.3) is 11.1 Å². The van der Waals surface area contributed by atoms with E-state index < -0.39 is 11.9 Å². The Morgan fingerprint density at radius 2 is 1.68 bits per heavy atom. The van der Waals surface area contributed by atoms with Crippen LogP contribution >= 0.6 is 0 Å². The number of benzene rings is 1. The van der Waals surface area contributed by atoms with E-state index >= 15 is 0 Å². The van der Waals surface area contributed by atoms with E-state index in [0.29, 0.717) is 31.0 Å². The van der Waals surface area contributed by atoms with Gasteiger partial charge in [0.15, 0.2) is 11.5 Å². The van der Waals surface area contributed by atoms with Crippen LogP contribution in [0.2, 0.25) is 0 Å². The second-order valence-electron chi connectivity index (χ2n) is 5.88. The third-order valence-electron chi connectivity index (χ3n) is 4.25. The fourth-order valence-electron chi connectivity index (χ4n) is 2.93. The molecule has 1 aromatic carbocycles. The molecule has 2 aromatic rings. The molecular weight excluding hydrogens is 333 g/mol. The van der Waals surface area contributed by atoms with Crippen molar-refractivity contribution in [2.45, 2.75) is 6.18 Å². The van der Waals surface area contributed by atoms with Gasteiger partial charge in [-0.05, 0) is 11.6 Å². The van der Waals surface area contributed by atoms with Gasteiger partial charge in [0.2, 0.25) is 0 Å². The predicted octanol–water partition coefficient (Wildman–Crippen LogP) is 2.28. The lowest BCUT2D eigenvalue weighted by Crippen LogP contribution is -2.47. The summed E-state index contributed by atoms with van der Waals surface area (Å²) < 4.78 is 39.9. The van der Waals surface area contributed by atoms with Crippen molar-refractivity contribution < 1.29 is 18.3 Å². The molecule has 1 saturated heterocycles. The van der Waals surface area contributed by atoms with E-state index in [1.165, 1.54) is 6.07 Å². The van der Waals surface area contributed by atoms with Crippen LogP contribution < -0.4 is 4.90 Å². The van der Waals surface area contributed by atoms with Crippen molar-refractivity contribution in [2.24, 2.45) is 0 Å². The van der Waals surface area contributed by atoms with Gasteiger partial charge >= 0.3 is 6.18 Å². The lowest BCUT2D eigenvalue weighted by molar-refractivity contribution is -0.141. The number of β-amino-alcohol motifs (C(OH)–C–C–N with tert-alkyl or cyclic N) is 1. The third-order valence-corrected chi connectivity index (χ3v) is 4.25. The molecule has 0 saturated carbocycles. The van der Waals surface area contributed by atoms with Crippen LogP contribution in [0.5, 0.6) is 0 Å². The van der Waals surface area contributed by atoms with Crippen molar-refractivity contribution in [3.8, 4) is 11.1 Å². The lowest BCUT2D eigenvalue weighted by atomic mass is 10.0. The van der Waals surface area contributed by atoms with Crippen LogP contribution in [-0.2, 0) is 6.18 Å². The molecule has 1 aliphatic rings. The molecule has 2 heterocycles. The number of halogens is 3. The van der Waals surface area contributed by atoms with Crippen LogP contribution in [0.1, 0.15) is 5.69 Å². The van der Waals surface area contributed by atoms with E-state index in [4.69, 9.17) is 5.11 Å². The number of alkyl halides is 3.